The number of rotatable bonds is 5. The fraction of sp³-hybridized carbons (Fsp3) is 0.647. The van der Waals surface area contributed by atoms with Crippen molar-refractivity contribution < 1.29 is 9.13 Å². The number of halogens is 1. The number of benzene rings is 1. The first-order chi connectivity index (χ1) is 10.0. The summed E-state index contributed by atoms with van der Waals surface area (Å²) in [6, 6.07) is 3.34. The smallest absolute Gasteiger partial charge is 0.126 e. The van der Waals surface area contributed by atoms with Crippen LogP contribution in [0.4, 0.5) is 10.1 Å². The summed E-state index contributed by atoms with van der Waals surface area (Å²) in [6.45, 7) is 8.49. The lowest BCUT2D eigenvalue weighted by Gasteiger charge is -2.36. The summed E-state index contributed by atoms with van der Waals surface area (Å²) in [5.74, 6) is -0.179. The number of nitrogens with two attached hydrogens (primary N) is 1. The van der Waals surface area contributed by atoms with Gasteiger partial charge in [-0.25, -0.2) is 4.39 Å². The molecule has 1 aromatic rings. The minimum Gasteiger partial charge on any atom is -0.376 e. The average Bonchev–Trinajstić information content (AvgIpc) is 2.47. The molecule has 1 aliphatic heterocycles. The van der Waals surface area contributed by atoms with Gasteiger partial charge in [0.15, 0.2) is 0 Å². The molecule has 0 bridgehead atoms. The van der Waals surface area contributed by atoms with E-state index in [0.29, 0.717) is 5.56 Å². The third-order valence-electron chi connectivity index (χ3n) is 4.08. The Morgan fingerprint density at radius 3 is 2.90 bits per heavy atom. The van der Waals surface area contributed by atoms with Crippen LogP contribution in [0, 0.1) is 12.7 Å². The van der Waals surface area contributed by atoms with Crippen LogP contribution in [0.1, 0.15) is 50.3 Å². The van der Waals surface area contributed by atoms with Crippen LogP contribution >= 0.6 is 0 Å². The van der Waals surface area contributed by atoms with Gasteiger partial charge in [-0.3, -0.25) is 0 Å². The van der Waals surface area contributed by atoms with Crippen molar-refractivity contribution in [3.63, 3.8) is 0 Å². The van der Waals surface area contributed by atoms with Crippen molar-refractivity contribution in [2.24, 2.45) is 5.73 Å². The molecular formula is C17H27FN2O. The van der Waals surface area contributed by atoms with Crippen LogP contribution in [0.2, 0.25) is 0 Å². The Bertz CT molecular complexity index is 476. The third-order valence-corrected chi connectivity index (χ3v) is 4.08. The van der Waals surface area contributed by atoms with Crippen LogP contribution in [0.15, 0.2) is 12.1 Å². The lowest BCUT2D eigenvalue weighted by Crippen LogP contribution is -2.40. The van der Waals surface area contributed by atoms with Gasteiger partial charge in [0.05, 0.1) is 6.10 Å². The van der Waals surface area contributed by atoms with E-state index in [0.717, 1.165) is 50.2 Å². The number of piperidine rings is 1. The topological polar surface area (TPSA) is 38.5 Å². The highest BCUT2D eigenvalue weighted by Gasteiger charge is 2.23. The molecule has 21 heavy (non-hydrogen) atoms. The third kappa shape index (κ3) is 3.95. The molecule has 2 N–H and O–H groups in total. The number of hydrogen-bond acceptors (Lipinski definition) is 3. The predicted octanol–water partition coefficient (Wildman–Crippen LogP) is 3.55. The molecule has 0 saturated carbocycles. The lowest BCUT2D eigenvalue weighted by molar-refractivity contribution is 0.0440. The molecule has 1 aromatic carbocycles. The quantitative estimate of drug-likeness (QED) is 0.902. The van der Waals surface area contributed by atoms with E-state index in [1.807, 2.05) is 13.0 Å². The Labute approximate surface area is 127 Å². The van der Waals surface area contributed by atoms with Gasteiger partial charge in [-0.15, -0.1) is 0 Å². The normalized spacial score (nSPS) is 20.6. The van der Waals surface area contributed by atoms with Crippen molar-refractivity contribution in [1.29, 1.82) is 0 Å². The van der Waals surface area contributed by atoms with Gasteiger partial charge < -0.3 is 15.4 Å². The number of ether oxygens (including phenoxy) is 1. The van der Waals surface area contributed by atoms with Gasteiger partial charge in [0, 0.05) is 31.4 Å². The van der Waals surface area contributed by atoms with Gasteiger partial charge in [0.1, 0.15) is 5.82 Å². The van der Waals surface area contributed by atoms with Crippen molar-refractivity contribution in [2.75, 3.05) is 24.6 Å². The maximum atomic E-state index is 13.8. The minimum absolute atomic E-state index is 0.174. The van der Waals surface area contributed by atoms with Gasteiger partial charge in [-0.05, 0) is 56.4 Å². The van der Waals surface area contributed by atoms with Crippen LogP contribution in [-0.4, -0.2) is 25.8 Å². The maximum absolute atomic E-state index is 13.8. The molecule has 1 aliphatic rings. The van der Waals surface area contributed by atoms with E-state index in [1.165, 1.54) is 0 Å². The number of anilines is 1. The number of nitrogens with zero attached hydrogens (tertiary/aromatic N) is 1. The van der Waals surface area contributed by atoms with Crippen LogP contribution in [0.25, 0.3) is 0 Å². The summed E-state index contributed by atoms with van der Waals surface area (Å²) in [5, 5.41) is 0. The molecule has 1 fully saturated rings. The van der Waals surface area contributed by atoms with Gasteiger partial charge in [-0.1, -0.05) is 6.92 Å². The Hall–Kier alpha value is -1.13. The van der Waals surface area contributed by atoms with Crippen LogP contribution < -0.4 is 10.6 Å². The molecule has 2 atom stereocenters. The second kappa shape index (κ2) is 7.23. The molecule has 1 heterocycles. The van der Waals surface area contributed by atoms with E-state index in [1.54, 1.807) is 13.0 Å². The molecule has 2 unspecified atom stereocenters. The van der Waals surface area contributed by atoms with Crippen molar-refractivity contribution in [3.05, 3.63) is 29.1 Å². The van der Waals surface area contributed by atoms with Crippen molar-refractivity contribution >= 4 is 5.69 Å². The maximum Gasteiger partial charge on any atom is 0.126 e. The van der Waals surface area contributed by atoms with Gasteiger partial charge in [0.2, 0.25) is 0 Å². The molecule has 118 valence electrons. The highest BCUT2D eigenvalue weighted by molar-refractivity contribution is 5.57. The standard InChI is InChI=1S/C17H27FN2O/c1-4-8-21-14-6-5-7-20(11-14)17-9-12(2)16(18)10-15(17)13(3)19/h9-10,13-14H,4-8,11,19H2,1-3H3. The number of aryl methyl sites for hydroxylation is 1. The van der Waals surface area contributed by atoms with Gasteiger partial charge in [-0.2, -0.15) is 0 Å². The van der Waals surface area contributed by atoms with E-state index >= 15 is 0 Å². The molecule has 0 radical (unpaired) electrons. The Morgan fingerprint density at radius 1 is 1.48 bits per heavy atom. The van der Waals surface area contributed by atoms with E-state index in [4.69, 9.17) is 10.5 Å². The molecule has 1 saturated heterocycles. The highest BCUT2D eigenvalue weighted by atomic mass is 19.1. The first-order valence-corrected chi connectivity index (χ1v) is 7.95. The Kier molecular flexibility index (Phi) is 5.59. The molecule has 4 heteroatoms. The highest BCUT2D eigenvalue weighted by Crippen LogP contribution is 2.31. The zero-order valence-electron chi connectivity index (χ0n) is 13.4. The number of hydrogen-bond donors (Lipinski definition) is 1. The van der Waals surface area contributed by atoms with E-state index in [2.05, 4.69) is 11.8 Å². The van der Waals surface area contributed by atoms with Gasteiger partial charge in [0.25, 0.3) is 0 Å². The SMILES string of the molecule is CCCOC1CCCN(c2cc(C)c(F)cc2C(C)N)C1. The summed E-state index contributed by atoms with van der Waals surface area (Å²) in [4.78, 5) is 2.30. The fourth-order valence-electron chi connectivity index (χ4n) is 2.90. The summed E-state index contributed by atoms with van der Waals surface area (Å²) in [6.07, 6.45) is 3.51. The van der Waals surface area contributed by atoms with Crippen molar-refractivity contribution in [2.45, 2.75) is 52.2 Å². The monoisotopic (exact) mass is 294 g/mol. The largest absolute Gasteiger partial charge is 0.376 e. The van der Waals surface area contributed by atoms with E-state index < -0.39 is 0 Å². The summed E-state index contributed by atoms with van der Waals surface area (Å²) in [5.41, 5.74) is 8.65. The predicted molar refractivity (Wildman–Crippen MR) is 85.2 cm³/mol. The molecule has 0 aromatic heterocycles. The summed E-state index contributed by atoms with van der Waals surface area (Å²) in [7, 11) is 0. The summed E-state index contributed by atoms with van der Waals surface area (Å²) < 4.78 is 19.7. The average molecular weight is 294 g/mol. The van der Waals surface area contributed by atoms with E-state index in [-0.39, 0.29) is 18.0 Å². The molecule has 3 nitrogen and oxygen atoms in total. The molecular weight excluding hydrogens is 267 g/mol. The van der Waals surface area contributed by atoms with Crippen LogP contribution in [0.5, 0.6) is 0 Å². The summed E-state index contributed by atoms with van der Waals surface area (Å²) >= 11 is 0. The van der Waals surface area contributed by atoms with E-state index in [9.17, 15) is 4.39 Å². The lowest BCUT2D eigenvalue weighted by atomic mass is 10.00. The molecule has 0 aliphatic carbocycles. The van der Waals surface area contributed by atoms with Crippen LogP contribution in [0.3, 0.4) is 0 Å². The Morgan fingerprint density at radius 2 is 2.24 bits per heavy atom. The van der Waals surface area contributed by atoms with Crippen molar-refractivity contribution in [3.8, 4) is 0 Å². The van der Waals surface area contributed by atoms with Crippen molar-refractivity contribution in [1.82, 2.24) is 0 Å². The van der Waals surface area contributed by atoms with Gasteiger partial charge >= 0.3 is 0 Å². The Balaban J connectivity index is 2.21. The second-order valence-corrected chi connectivity index (χ2v) is 6.03. The van der Waals surface area contributed by atoms with Crippen LogP contribution in [-0.2, 0) is 4.74 Å². The molecule has 0 amide bonds. The second-order valence-electron chi connectivity index (χ2n) is 6.03. The zero-order chi connectivity index (χ0) is 15.4. The first-order valence-electron chi connectivity index (χ1n) is 7.95. The minimum atomic E-state index is -0.179. The molecule has 0 spiro atoms. The fourth-order valence-corrected chi connectivity index (χ4v) is 2.90. The molecule has 2 rings (SSSR count). The zero-order valence-corrected chi connectivity index (χ0v) is 13.4. The first kappa shape index (κ1) is 16.2.